The van der Waals surface area contributed by atoms with Crippen LogP contribution < -0.4 is 5.32 Å². The molecule has 19 heavy (non-hydrogen) atoms. The molecule has 0 aliphatic heterocycles. The van der Waals surface area contributed by atoms with Crippen molar-refractivity contribution in [1.29, 1.82) is 0 Å². The molecule has 100 valence electrons. The monoisotopic (exact) mass is 260 g/mol. The van der Waals surface area contributed by atoms with Gasteiger partial charge in [-0.05, 0) is 26.0 Å². The lowest BCUT2D eigenvalue weighted by atomic mass is 10.3. The zero-order chi connectivity index (χ0) is 13.8. The summed E-state index contributed by atoms with van der Waals surface area (Å²) in [5.41, 5.74) is 1.48. The molecular weight excluding hydrogens is 244 g/mol. The van der Waals surface area contributed by atoms with Crippen LogP contribution in [0.2, 0.25) is 0 Å². The number of aryl methyl sites for hydroxylation is 2. The molecule has 0 fully saturated rings. The van der Waals surface area contributed by atoms with E-state index in [4.69, 9.17) is 4.74 Å². The maximum Gasteiger partial charge on any atom is 0.339 e. The number of pyridine rings is 1. The van der Waals surface area contributed by atoms with E-state index in [2.05, 4.69) is 15.4 Å². The molecule has 1 N–H and O–H groups in total. The smallest absolute Gasteiger partial charge is 0.339 e. The van der Waals surface area contributed by atoms with E-state index in [0.717, 1.165) is 11.5 Å². The fourth-order valence-corrected chi connectivity index (χ4v) is 1.56. The molecular formula is C13H16N4O2. The Labute approximate surface area is 111 Å². The summed E-state index contributed by atoms with van der Waals surface area (Å²) >= 11 is 0. The number of rotatable bonds is 4. The molecule has 0 atom stereocenters. The first kappa shape index (κ1) is 13.1. The largest absolute Gasteiger partial charge is 0.462 e. The van der Waals surface area contributed by atoms with Crippen LogP contribution in [0.1, 0.15) is 23.0 Å². The molecule has 2 rings (SSSR count). The van der Waals surface area contributed by atoms with Crippen LogP contribution >= 0.6 is 0 Å². The van der Waals surface area contributed by atoms with Gasteiger partial charge in [-0.3, -0.25) is 4.68 Å². The first-order chi connectivity index (χ1) is 9.10. The molecule has 0 unspecified atom stereocenters. The lowest BCUT2D eigenvalue weighted by Gasteiger charge is -2.04. The summed E-state index contributed by atoms with van der Waals surface area (Å²) in [4.78, 5) is 15.6. The third-order valence-electron chi connectivity index (χ3n) is 2.64. The van der Waals surface area contributed by atoms with Crippen molar-refractivity contribution in [2.24, 2.45) is 7.05 Å². The topological polar surface area (TPSA) is 69.0 Å². The van der Waals surface area contributed by atoms with E-state index in [-0.39, 0.29) is 5.97 Å². The minimum absolute atomic E-state index is 0.353. The van der Waals surface area contributed by atoms with Gasteiger partial charge < -0.3 is 10.1 Å². The molecule has 0 radical (unpaired) electrons. The summed E-state index contributed by atoms with van der Waals surface area (Å²) in [7, 11) is 1.87. The van der Waals surface area contributed by atoms with Gasteiger partial charge in [-0.1, -0.05) is 0 Å². The number of nitrogens with one attached hydrogen (secondary N) is 1. The van der Waals surface area contributed by atoms with Crippen molar-refractivity contribution in [2.75, 3.05) is 11.9 Å². The van der Waals surface area contributed by atoms with Crippen molar-refractivity contribution in [3.8, 4) is 0 Å². The molecule has 2 aromatic rings. The van der Waals surface area contributed by atoms with E-state index in [1.54, 1.807) is 23.7 Å². The van der Waals surface area contributed by atoms with Crippen LogP contribution in [-0.2, 0) is 11.8 Å². The summed E-state index contributed by atoms with van der Waals surface area (Å²) in [5.74, 6) is 0.984. The average molecular weight is 260 g/mol. The SMILES string of the molecule is CCOC(=O)c1ccc(Nc2cc(C)n(C)n2)nc1. The normalized spacial score (nSPS) is 10.3. The minimum atomic E-state index is -0.366. The van der Waals surface area contributed by atoms with E-state index < -0.39 is 0 Å². The number of hydrogen-bond donors (Lipinski definition) is 1. The average Bonchev–Trinajstić information content (AvgIpc) is 2.69. The zero-order valence-electron chi connectivity index (χ0n) is 11.2. The first-order valence-electron chi connectivity index (χ1n) is 6.01. The molecule has 0 bridgehead atoms. The molecule has 2 aromatic heterocycles. The molecule has 6 heteroatoms. The van der Waals surface area contributed by atoms with E-state index in [0.29, 0.717) is 18.0 Å². The molecule has 2 heterocycles. The lowest BCUT2D eigenvalue weighted by Crippen LogP contribution is -2.05. The number of ether oxygens (including phenoxy) is 1. The zero-order valence-corrected chi connectivity index (χ0v) is 11.2. The molecule has 0 saturated heterocycles. The van der Waals surface area contributed by atoms with Gasteiger partial charge in [0.15, 0.2) is 5.82 Å². The molecule has 6 nitrogen and oxygen atoms in total. The van der Waals surface area contributed by atoms with Crippen LogP contribution in [0.3, 0.4) is 0 Å². The van der Waals surface area contributed by atoms with E-state index >= 15 is 0 Å². The quantitative estimate of drug-likeness (QED) is 0.852. The second-order valence-electron chi connectivity index (χ2n) is 4.07. The summed E-state index contributed by atoms with van der Waals surface area (Å²) < 4.78 is 6.66. The standard InChI is InChI=1S/C13H16N4O2/c1-4-19-13(18)10-5-6-11(14-8-10)15-12-7-9(2)17(3)16-12/h5-8H,4H2,1-3H3,(H,14,15,16). The van der Waals surface area contributed by atoms with Crippen molar-refractivity contribution in [3.63, 3.8) is 0 Å². The predicted molar refractivity (Wildman–Crippen MR) is 71.4 cm³/mol. The van der Waals surface area contributed by atoms with Gasteiger partial charge in [-0.25, -0.2) is 9.78 Å². The summed E-state index contributed by atoms with van der Waals surface area (Å²) in [6.45, 7) is 4.09. The number of aromatic nitrogens is 3. The number of carbonyl (C=O) groups is 1. The number of esters is 1. The number of nitrogens with zero attached hydrogens (tertiary/aromatic N) is 3. The van der Waals surface area contributed by atoms with Gasteiger partial charge in [0.25, 0.3) is 0 Å². The predicted octanol–water partition coefficient (Wildman–Crippen LogP) is 2.04. The maximum absolute atomic E-state index is 11.5. The van der Waals surface area contributed by atoms with Crippen molar-refractivity contribution in [3.05, 3.63) is 35.7 Å². The van der Waals surface area contributed by atoms with Crippen molar-refractivity contribution in [2.45, 2.75) is 13.8 Å². The van der Waals surface area contributed by atoms with Crippen LogP contribution in [0.4, 0.5) is 11.6 Å². The molecule has 0 spiro atoms. The highest BCUT2D eigenvalue weighted by Crippen LogP contribution is 2.14. The summed E-state index contributed by atoms with van der Waals surface area (Å²) in [6, 6.07) is 5.31. The second kappa shape index (κ2) is 5.51. The second-order valence-corrected chi connectivity index (χ2v) is 4.07. The van der Waals surface area contributed by atoms with Gasteiger partial charge in [0.2, 0.25) is 0 Å². The Balaban J connectivity index is 2.08. The van der Waals surface area contributed by atoms with E-state index in [9.17, 15) is 4.79 Å². The molecule has 0 saturated carbocycles. The van der Waals surface area contributed by atoms with Crippen LogP contribution in [0.5, 0.6) is 0 Å². The highest BCUT2D eigenvalue weighted by Gasteiger charge is 2.07. The molecule has 0 aliphatic rings. The number of carbonyl (C=O) groups excluding carboxylic acids is 1. The fourth-order valence-electron chi connectivity index (χ4n) is 1.56. The van der Waals surface area contributed by atoms with Gasteiger partial charge in [-0.15, -0.1) is 0 Å². The lowest BCUT2D eigenvalue weighted by molar-refractivity contribution is 0.0526. The summed E-state index contributed by atoms with van der Waals surface area (Å²) in [5, 5.41) is 7.33. The Bertz CT molecular complexity index is 555. The minimum Gasteiger partial charge on any atom is -0.462 e. The highest BCUT2D eigenvalue weighted by molar-refractivity contribution is 5.89. The van der Waals surface area contributed by atoms with E-state index in [1.807, 2.05) is 20.0 Å². The Hall–Kier alpha value is -2.37. The number of anilines is 2. The van der Waals surface area contributed by atoms with Gasteiger partial charge in [-0.2, -0.15) is 5.10 Å². The van der Waals surface area contributed by atoms with Crippen molar-refractivity contribution < 1.29 is 9.53 Å². The van der Waals surface area contributed by atoms with Gasteiger partial charge in [0.05, 0.1) is 12.2 Å². The van der Waals surface area contributed by atoms with Crippen molar-refractivity contribution in [1.82, 2.24) is 14.8 Å². The number of hydrogen-bond acceptors (Lipinski definition) is 5. The third-order valence-corrected chi connectivity index (χ3v) is 2.64. The van der Waals surface area contributed by atoms with Gasteiger partial charge >= 0.3 is 5.97 Å². The van der Waals surface area contributed by atoms with Crippen LogP contribution in [0, 0.1) is 6.92 Å². The highest BCUT2D eigenvalue weighted by atomic mass is 16.5. The Kier molecular flexibility index (Phi) is 3.79. The Morgan fingerprint density at radius 2 is 2.21 bits per heavy atom. The molecule has 0 aromatic carbocycles. The molecule has 0 amide bonds. The van der Waals surface area contributed by atoms with Gasteiger partial charge in [0.1, 0.15) is 5.82 Å². The third kappa shape index (κ3) is 3.09. The Morgan fingerprint density at radius 1 is 1.42 bits per heavy atom. The first-order valence-corrected chi connectivity index (χ1v) is 6.01. The van der Waals surface area contributed by atoms with Crippen LogP contribution in [0.15, 0.2) is 24.4 Å². The fraction of sp³-hybridized carbons (Fsp3) is 0.308. The maximum atomic E-state index is 11.5. The summed E-state index contributed by atoms with van der Waals surface area (Å²) in [6.07, 6.45) is 1.48. The Morgan fingerprint density at radius 3 is 2.74 bits per heavy atom. The van der Waals surface area contributed by atoms with Gasteiger partial charge in [0, 0.05) is 25.0 Å². The van der Waals surface area contributed by atoms with E-state index in [1.165, 1.54) is 6.20 Å². The van der Waals surface area contributed by atoms with Crippen LogP contribution in [-0.4, -0.2) is 27.3 Å². The van der Waals surface area contributed by atoms with Crippen molar-refractivity contribution >= 4 is 17.6 Å². The van der Waals surface area contributed by atoms with Crippen LogP contribution in [0.25, 0.3) is 0 Å². The molecule has 0 aliphatic carbocycles.